The van der Waals surface area contributed by atoms with Gasteiger partial charge in [0.05, 0.1) is 22.4 Å². The molecule has 3 aromatic rings. The lowest BCUT2D eigenvalue weighted by Crippen LogP contribution is -2.45. The predicted octanol–water partition coefficient (Wildman–Crippen LogP) is 6.18. The molecule has 0 saturated carbocycles. The number of hydrogen-bond donors (Lipinski definition) is 1. The van der Waals surface area contributed by atoms with Crippen LogP contribution in [-0.2, 0) is 4.79 Å². The van der Waals surface area contributed by atoms with Gasteiger partial charge in [-0.2, -0.15) is 0 Å². The van der Waals surface area contributed by atoms with Gasteiger partial charge in [-0.15, -0.1) is 0 Å². The minimum Gasteiger partial charge on any atom is -0.490 e. The zero-order chi connectivity index (χ0) is 29.6. The summed E-state index contributed by atoms with van der Waals surface area (Å²) in [5.41, 5.74) is 9.09. The largest absolute Gasteiger partial charge is 0.490 e. The molecule has 4 heterocycles. The van der Waals surface area contributed by atoms with E-state index in [0.29, 0.717) is 46.2 Å². The number of carbonyl (C=O) groups excluding carboxylic acids is 1. The van der Waals surface area contributed by atoms with E-state index in [1.54, 1.807) is 18.5 Å². The zero-order valence-corrected chi connectivity index (χ0v) is 24.1. The van der Waals surface area contributed by atoms with Crippen LogP contribution in [0.1, 0.15) is 75.0 Å². The number of aryl methyl sites for hydroxylation is 1. The van der Waals surface area contributed by atoms with E-state index in [9.17, 15) is 13.6 Å². The molecule has 2 N–H and O–H groups in total. The summed E-state index contributed by atoms with van der Waals surface area (Å²) in [5.74, 6) is -2.83. The lowest BCUT2D eigenvalue weighted by molar-refractivity contribution is -0.130. The molecule has 218 valence electrons. The molecule has 1 fully saturated rings. The van der Waals surface area contributed by atoms with Crippen LogP contribution in [0.25, 0.3) is 11.1 Å². The molecule has 1 aromatic carbocycles. The number of nitrogens with zero attached hydrogens (tertiary/aromatic N) is 5. The van der Waals surface area contributed by atoms with Crippen LogP contribution in [0.15, 0.2) is 29.7 Å². The van der Waals surface area contributed by atoms with Crippen molar-refractivity contribution in [1.82, 2.24) is 19.3 Å². The number of hydrogen-bond acceptors (Lipinski definition) is 6. The number of fused-ring (bicyclic) bond motifs is 1. The van der Waals surface area contributed by atoms with Crippen LogP contribution in [0, 0.1) is 12.7 Å². The number of allylic oxidation sites excluding steroid dienone is 1. The van der Waals surface area contributed by atoms with Gasteiger partial charge in [0.2, 0.25) is 0 Å². The third kappa shape index (κ3) is 5.51. The van der Waals surface area contributed by atoms with E-state index in [0.717, 1.165) is 0 Å². The fourth-order valence-electron chi connectivity index (χ4n) is 5.42. The van der Waals surface area contributed by atoms with E-state index >= 15 is 4.39 Å². The number of carbonyl (C=O) groups is 1. The number of anilines is 1. The Morgan fingerprint density at radius 2 is 1.90 bits per heavy atom. The fraction of sp³-hybridized carbons (Fsp3) is 0.448. The van der Waals surface area contributed by atoms with Crippen molar-refractivity contribution in [3.63, 3.8) is 0 Å². The summed E-state index contributed by atoms with van der Waals surface area (Å²) in [7, 11) is 0. The minimum atomic E-state index is -2.76. The third-order valence-electron chi connectivity index (χ3n) is 7.55. The predicted molar refractivity (Wildman–Crippen MR) is 152 cm³/mol. The summed E-state index contributed by atoms with van der Waals surface area (Å²) in [6, 6.07) is 1.55. The van der Waals surface area contributed by atoms with E-state index in [1.165, 1.54) is 11.1 Å². The van der Waals surface area contributed by atoms with Crippen molar-refractivity contribution in [1.29, 1.82) is 0 Å². The van der Waals surface area contributed by atoms with E-state index in [2.05, 4.69) is 9.98 Å². The highest BCUT2D eigenvalue weighted by molar-refractivity contribution is 6.39. The van der Waals surface area contributed by atoms with Crippen LogP contribution >= 0.6 is 11.6 Å². The number of ether oxygens (including phenoxy) is 1. The number of amides is 1. The van der Waals surface area contributed by atoms with Crippen LogP contribution in [0.2, 0.25) is 5.02 Å². The first-order valence-corrected chi connectivity index (χ1v) is 14.0. The summed E-state index contributed by atoms with van der Waals surface area (Å²) >= 11 is 6.46. The number of halogens is 4. The van der Waals surface area contributed by atoms with Gasteiger partial charge in [-0.05, 0) is 45.3 Å². The first-order valence-electron chi connectivity index (χ1n) is 13.6. The normalized spacial score (nSPS) is 17.9. The maximum absolute atomic E-state index is 15.8. The van der Waals surface area contributed by atoms with Gasteiger partial charge in [-0.25, -0.2) is 23.1 Å². The van der Waals surface area contributed by atoms with Crippen LogP contribution in [0.4, 0.5) is 19.0 Å². The Morgan fingerprint density at radius 3 is 2.54 bits per heavy atom. The fourth-order valence-corrected chi connectivity index (χ4v) is 5.63. The number of likely N-dealkylation sites (tertiary alicyclic amines) is 1. The molecule has 12 heteroatoms. The number of nitrogen functional groups attached to an aromatic ring is 1. The number of rotatable bonds is 6. The van der Waals surface area contributed by atoms with Gasteiger partial charge in [0.25, 0.3) is 11.8 Å². The Labute approximate surface area is 241 Å². The van der Waals surface area contributed by atoms with E-state index in [-0.39, 0.29) is 66.6 Å². The maximum Gasteiger partial charge on any atom is 0.268 e. The molecule has 0 unspecified atom stereocenters. The summed E-state index contributed by atoms with van der Waals surface area (Å²) in [5, 5.41) is -0.0854. The number of piperidine rings is 1. The second-order valence-corrected chi connectivity index (χ2v) is 11.2. The van der Waals surface area contributed by atoms with E-state index < -0.39 is 11.7 Å². The smallest absolute Gasteiger partial charge is 0.268 e. The first kappa shape index (κ1) is 28.9. The second kappa shape index (κ2) is 11.0. The van der Waals surface area contributed by atoms with Crippen molar-refractivity contribution >= 4 is 40.1 Å². The molecule has 41 heavy (non-hydrogen) atoms. The summed E-state index contributed by atoms with van der Waals surface area (Å²) in [6.45, 7) is 7.41. The Kier molecular flexibility index (Phi) is 7.76. The van der Waals surface area contributed by atoms with Gasteiger partial charge in [-0.1, -0.05) is 18.5 Å². The van der Waals surface area contributed by atoms with Gasteiger partial charge < -0.3 is 15.4 Å². The molecule has 0 bridgehead atoms. The van der Waals surface area contributed by atoms with Gasteiger partial charge in [0.1, 0.15) is 28.6 Å². The second-order valence-electron chi connectivity index (χ2n) is 10.8. The molecule has 1 saturated heterocycles. The average Bonchev–Trinajstić information content (AvgIpc) is 3.27. The molecule has 1 atom stereocenters. The number of imidazole rings is 1. The van der Waals surface area contributed by atoms with Gasteiger partial charge >= 0.3 is 0 Å². The highest BCUT2D eigenvalue weighted by Crippen LogP contribution is 2.44. The van der Waals surface area contributed by atoms with Crippen molar-refractivity contribution in [3.05, 3.63) is 58.1 Å². The topological polar surface area (TPSA) is 98.1 Å². The molecular weight excluding hydrogens is 557 g/mol. The molecule has 0 radical (unpaired) electrons. The molecule has 1 amide bonds. The quantitative estimate of drug-likeness (QED) is 0.370. The Morgan fingerprint density at radius 1 is 1.20 bits per heavy atom. The summed E-state index contributed by atoms with van der Waals surface area (Å²) in [6.07, 6.45) is 4.31. The van der Waals surface area contributed by atoms with E-state index in [1.807, 2.05) is 32.1 Å². The number of benzene rings is 1. The van der Waals surface area contributed by atoms with Crippen LogP contribution < -0.4 is 10.5 Å². The first-order chi connectivity index (χ1) is 19.4. The average molecular weight is 589 g/mol. The van der Waals surface area contributed by atoms with Crippen molar-refractivity contribution in [3.8, 4) is 5.75 Å². The highest BCUT2D eigenvalue weighted by atomic mass is 35.5. The SMILES string of the molecule is Cc1nc([C@@H](C)c2cc(Cl)c(F)c(C3=CN=C(C(=O)N4CCC(F)(F)CC4)CC3)c2OC(C)C)n2ccnc(N)c12. The van der Waals surface area contributed by atoms with Gasteiger partial charge in [0, 0.05) is 56.0 Å². The number of aliphatic imine (C=N–C) groups is 1. The van der Waals surface area contributed by atoms with Crippen molar-refractivity contribution in [2.45, 2.75) is 71.3 Å². The molecule has 2 aliphatic heterocycles. The Balaban J connectivity index is 1.55. The molecule has 5 rings (SSSR count). The molecule has 2 aliphatic rings. The third-order valence-corrected chi connectivity index (χ3v) is 7.83. The van der Waals surface area contributed by atoms with Crippen molar-refractivity contribution in [2.75, 3.05) is 18.8 Å². The maximum atomic E-state index is 15.8. The van der Waals surface area contributed by atoms with E-state index in [4.69, 9.17) is 27.1 Å². The van der Waals surface area contributed by atoms with Gasteiger partial charge in [-0.3, -0.25) is 14.2 Å². The molecule has 0 spiro atoms. The Bertz CT molecular complexity index is 1570. The van der Waals surface area contributed by atoms with Crippen LogP contribution in [0.3, 0.4) is 0 Å². The van der Waals surface area contributed by atoms with Crippen LogP contribution in [-0.4, -0.2) is 56.0 Å². The zero-order valence-electron chi connectivity index (χ0n) is 23.3. The number of aromatic nitrogens is 3. The van der Waals surface area contributed by atoms with Crippen molar-refractivity contribution < 1.29 is 22.7 Å². The Hall–Kier alpha value is -3.60. The standard InChI is InChI=1S/C29H32ClF3N6O2/c1-15(2)41-25-19(16(3)27-37-17(4)24-26(34)35-9-12-39(24)27)13-20(30)23(31)22(25)18-5-6-21(36-14-18)28(40)38-10-7-29(32,33)8-11-38/h9,12-16H,5-8,10-11H2,1-4H3,(H2,34,35)/t16-/m0/s1. The number of nitrogens with two attached hydrogens (primary N) is 1. The lowest BCUT2D eigenvalue weighted by atomic mass is 9.90. The highest BCUT2D eigenvalue weighted by Gasteiger charge is 2.37. The van der Waals surface area contributed by atoms with Crippen LogP contribution in [0.5, 0.6) is 5.75 Å². The van der Waals surface area contributed by atoms with Crippen molar-refractivity contribution in [2.24, 2.45) is 4.99 Å². The summed E-state index contributed by atoms with van der Waals surface area (Å²) < 4.78 is 51.0. The molecule has 8 nitrogen and oxygen atoms in total. The monoisotopic (exact) mass is 588 g/mol. The number of alkyl halides is 2. The summed E-state index contributed by atoms with van der Waals surface area (Å²) in [4.78, 5) is 27.6. The van der Waals surface area contributed by atoms with Gasteiger partial charge in [0.15, 0.2) is 5.82 Å². The molecule has 2 aromatic heterocycles. The lowest BCUT2D eigenvalue weighted by Gasteiger charge is -2.32. The molecular formula is C29H32ClF3N6O2. The minimum absolute atomic E-state index is 0.0262. The molecule has 0 aliphatic carbocycles.